The van der Waals surface area contributed by atoms with Crippen LogP contribution in [0.3, 0.4) is 0 Å². The summed E-state index contributed by atoms with van der Waals surface area (Å²) < 4.78 is 28.8. The van der Waals surface area contributed by atoms with Gasteiger partial charge in [0, 0.05) is 18.1 Å². The number of rotatable bonds is 12. The highest BCUT2D eigenvalue weighted by Gasteiger charge is 2.33. The average molecular weight is 570 g/mol. The zero-order chi connectivity index (χ0) is 28.6. The van der Waals surface area contributed by atoms with E-state index in [2.05, 4.69) is 5.32 Å². The summed E-state index contributed by atoms with van der Waals surface area (Å²) in [5.74, 6) is -0.737. The van der Waals surface area contributed by atoms with E-state index in [0.717, 1.165) is 27.4 Å². The van der Waals surface area contributed by atoms with Crippen LogP contribution in [0.2, 0.25) is 5.02 Å². The molecule has 9 heteroatoms. The Labute approximate surface area is 236 Å². The first-order chi connectivity index (χ1) is 18.6. The molecule has 39 heavy (non-hydrogen) atoms. The van der Waals surface area contributed by atoms with Gasteiger partial charge in [-0.3, -0.25) is 13.9 Å². The number of halogens is 1. The second kappa shape index (κ2) is 13.6. The van der Waals surface area contributed by atoms with Gasteiger partial charge in [-0.15, -0.1) is 0 Å². The number of carbonyl (C=O) groups excluding carboxylic acids is 2. The third kappa shape index (κ3) is 7.61. The van der Waals surface area contributed by atoms with Crippen LogP contribution < -0.4 is 9.62 Å². The smallest absolute Gasteiger partial charge is 0.264 e. The van der Waals surface area contributed by atoms with Crippen LogP contribution in [-0.2, 0) is 26.2 Å². The minimum Gasteiger partial charge on any atom is -0.354 e. The van der Waals surface area contributed by atoms with E-state index in [9.17, 15) is 18.0 Å². The minimum absolute atomic E-state index is 0.0125. The molecule has 0 spiro atoms. The SMILES string of the molecule is CCCNC(=O)[C@H](CC)N(Cc1ccccc1C)C(=O)CN(c1ccc(C)cc1)S(=O)(=O)c1ccc(Cl)cc1. The fourth-order valence-electron chi connectivity index (χ4n) is 4.23. The van der Waals surface area contributed by atoms with Crippen LogP contribution in [0.4, 0.5) is 5.69 Å². The third-order valence-corrected chi connectivity index (χ3v) is 8.58. The van der Waals surface area contributed by atoms with E-state index in [1.54, 1.807) is 24.3 Å². The summed E-state index contributed by atoms with van der Waals surface area (Å²) in [6, 6.07) is 19.7. The molecule has 0 saturated heterocycles. The maximum absolute atomic E-state index is 14.0. The Hall–Kier alpha value is -3.36. The molecule has 208 valence electrons. The number of anilines is 1. The molecule has 3 rings (SSSR count). The summed E-state index contributed by atoms with van der Waals surface area (Å²) in [6.07, 6.45) is 1.14. The Balaban J connectivity index is 2.05. The number of nitrogens with one attached hydrogen (secondary N) is 1. The van der Waals surface area contributed by atoms with E-state index >= 15 is 0 Å². The lowest BCUT2D eigenvalue weighted by Crippen LogP contribution is -2.52. The molecule has 2 amide bonds. The van der Waals surface area contributed by atoms with Crippen LogP contribution in [0.5, 0.6) is 0 Å². The second-order valence-electron chi connectivity index (χ2n) is 9.46. The molecule has 3 aromatic carbocycles. The van der Waals surface area contributed by atoms with Crippen molar-refractivity contribution >= 4 is 39.1 Å². The Morgan fingerprint density at radius 3 is 2.15 bits per heavy atom. The van der Waals surface area contributed by atoms with Gasteiger partial charge in [-0.05, 0) is 74.2 Å². The number of hydrogen-bond donors (Lipinski definition) is 1. The summed E-state index contributed by atoms with van der Waals surface area (Å²) >= 11 is 6.00. The Kier molecular flexibility index (Phi) is 10.5. The van der Waals surface area contributed by atoms with Crippen molar-refractivity contribution in [3.63, 3.8) is 0 Å². The van der Waals surface area contributed by atoms with Gasteiger partial charge >= 0.3 is 0 Å². The molecule has 0 aliphatic heterocycles. The monoisotopic (exact) mass is 569 g/mol. The molecule has 1 N–H and O–H groups in total. The topological polar surface area (TPSA) is 86.8 Å². The summed E-state index contributed by atoms with van der Waals surface area (Å²) in [5, 5.41) is 3.30. The Morgan fingerprint density at radius 2 is 1.56 bits per heavy atom. The number of nitrogens with zero attached hydrogens (tertiary/aromatic N) is 2. The molecule has 7 nitrogen and oxygen atoms in total. The van der Waals surface area contributed by atoms with Crippen molar-refractivity contribution in [2.45, 2.75) is 58.0 Å². The van der Waals surface area contributed by atoms with Gasteiger partial charge in [-0.2, -0.15) is 0 Å². The Bertz CT molecular complexity index is 1380. The van der Waals surface area contributed by atoms with Crippen LogP contribution >= 0.6 is 11.6 Å². The van der Waals surface area contributed by atoms with Gasteiger partial charge < -0.3 is 10.2 Å². The van der Waals surface area contributed by atoms with Gasteiger partial charge in [0.2, 0.25) is 11.8 Å². The lowest BCUT2D eigenvalue weighted by atomic mass is 10.1. The normalized spacial score (nSPS) is 12.0. The van der Waals surface area contributed by atoms with E-state index in [4.69, 9.17) is 11.6 Å². The molecular formula is C30H36ClN3O4S. The number of benzene rings is 3. The Morgan fingerprint density at radius 1 is 0.923 bits per heavy atom. The molecule has 0 saturated carbocycles. The van der Waals surface area contributed by atoms with Gasteiger partial charge in [0.05, 0.1) is 10.6 Å². The molecule has 0 unspecified atom stereocenters. The molecule has 0 aliphatic rings. The van der Waals surface area contributed by atoms with Gasteiger partial charge in [0.25, 0.3) is 10.0 Å². The van der Waals surface area contributed by atoms with Crippen molar-refractivity contribution in [3.8, 4) is 0 Å². The molecule has 0 aliphatic carbocycles. The number of aryl methyl sites for hydroxylation is 2. The highest BCUT2D eigenvalue weighted by atomic mass is 35.5. The van der Waals surface area contributed by atoms with E-state index in [1.807, 2.05) is 52.0 Å². The largest absolute Gasteiger partial charge is 0.354 e. The average Bonchev–Trinajstić information content (AvgIpc) is 2.92. The quantitative estimate of drug-likeness (QED) is 0.313. The summed E-state index contributed by atoms with van der Waals surface area (Å²) in [5.41, 5.74) is 3.16. The van der Waals surface area contributed by atoms with Crippen molar-refractivity contribution in [1.29, 1.82) is 0 Å². The lowest BCUT2D eigenvalue weighted by molar-refractivity contribution is -0.140. The molecule has 0 radical (unpaired) electrons. The van der Waals surface area contributed by atoms with Crippen LogP contribution in [0.1, 0.15) is 43.4 Å². The molecule has 1 atom stereocenters. The summed E-state index contributed by atoms with van der Waals surface area (Å²) in [6.45, 7) is 7.83. The van der Waals surface area contributed by atoms with Gasteiger partial charge in [-0.25, -0.2) is 8.42 Å². The first-order valence-electron chi connectivity index (χ1n) is 13.0. The van der Waals surface area contributed by atoms with Gasteiger partial charge in [0.15, 0.2) is 0 Å². The van der Waals surface area contributed by atoms with Crippen molar-refractivity contribution in [2.75, 3.05) is 17.4 Å². The second-order valence-corrected chi connectivity index (χ2v) is 11.8. The fourth-order valence-corrected chi connectivity index (χ4v) is 5.77. The van der Waals surface area contributed by atoms with E-state index in [1.165, 1.54) is 29.2 Å². The zero-order valence-electron chi connectivity index (χ0n) is 22.9. The molecule has 0 heterocycles. The van der Waals surface area contributed by atoms with Crippen LogP contribution in [-0.4, -0.2) is 44.3 Å². The molecular weight excluding hydrogens is 534 g/mol. The third-order valence-electron chi connectivity index (χ3n) is 6.54. The molecule has 0 fully saturated rings. The molecule has 0 aromatic heterocycles. The maximum Gasteiger partial charge on any atom is 0.264 e. The van der Waals surface area contributed by atoms with Crippen molar-refractivity contribution in [3.05, 3.63) is 94.5 Å². The van der Waals surface area contributed by atoms with Crippen LogP contribution in [0.15, 0.2) is 77.7 Å². The predicted molar refractivity (Wildman–Crippen MR) is 156 cm³/mol. The number of carbonyl (C=O) groups is 2. The zero-order valence-corrected chi connectivity index (χ0v) is 24.4. The molecule has 0 bridgehead atoms. The predicted octanol–water partition coefficient (Wildman–Crippen LogP) is 5.49. The van der Waals surface area contributed by atoms with Gasteiger partial charge in [0.1, 0.15) is 12.6 Å². The van der Waals surface area contributed by atoms with Crippen molar-refractivity contribution in [1.82, 2.24) is 10.2 Å². The number of sulfonamides is 1. The van der Waals surface area contributed by atoms with Crippen LogP contribution in [0.25, 0.3) is 0 Å². The van der Waals surface area contributed by atoms with E-state index < -0.39 is 28.5 Å². The first-order valence-corrected chi connectivity index (χ1v) is 14.9. The summed E-state index contributed by atoms with van der Waals surface area (Å²) in [4.78, 5) is 28.7. The van der Waals surface area contributed by atoms with Gasteiger partial charge in [-0.1, -0.05) is 67.4 Å². The number of hydrogen-bond acceptors (Lipinski definition) is 4. The molecule has 3 aromatic rings. The highest BCUT2D eigenvalue weighted by molar-refractivity contribution is 7.92. The van der Waals surface area contributed by atoms with E-state index in [-0.39, 0.29) is 17.3 Å². The van der Waals surface area contributed by atoms with Crippen LogP contribution in [0, 0.1) is 13.8 Å². The van der Waals surface area contributed by atoms with Crippen molar-refractivity contribution in [2.24, 2.45) is 0 Å². The fraction of sp³-hybridized carbons (Fsp3) is 0.333. The first kappa shape index (κ1) is 30.2. The van der Waals surface area contributed by atoms with Crippen molar-refractivity contribution < 1.29 is 18.0 Å². The maximum atomic E-state index is 14.0. The standard InChI is InChI=1S/C30H36ClN3O4S/c1-5-19-32-30(36)28(6-2)33(20-24-10-8-7-9-23(24)4)29(35)21-34(26-15-11-22(3)12-16-26)39(37,38)27-17-13-25(31)14-18-27/h7-18,28H,5-6,19-21H2,1-4H3,(H,32,36)/t28-/m0/s1. The number of amides is 2. The summed E-state index contributed by atoms with van der Waals surface area (Å²) in [7, 11) is -4.13. The highest BCUT2D eigenvalue weighted by Crippen LogP contribution is 2.26. The minimum atomic E-state index is -4.13. The van der Waals surface area contributed by atoms with E-state index in [0.29, 0.717) is 23.7 Å². The lowest BCUT2D eigenvalue weighted by Gasteiger charge is -2.33.